The Bertz CT molecular complexity index is 403. The molecule has 0 radical (unpaired) electrons. The van der Waals surface area contributed by atoms with Crippen molar-refractivity contribution in [1.82, 2.24) is 10.2 Å². The molecule has 2 fully saturated rings. The summed E-state index contributed by atoms with van der Waals surface area (Å²) in [5.41, 5.74) is 0.895. The molecule has 1 N–H and O–H groups in total. The summed E-state index contributed by atoms with van der Waals surface area (Å²) in [5, 5.41) is 3.37. The second-order valence-corrected chi connectivity index (χ2v) is 5.50. The molecule has 1 saturated carbocycles. The van der Waals surface area contributed by atoms with Gasteiger partial charge >= 0.3 is 0 Å². The molecule has 1 aliphatic heterocycles. The molecule has 1 atom stereocenters. The van der Waals surface area contributed by atoms with Crippen LogP contribution in [0.3, 0.4) is 0 Å². The van der Waals surface area contributed by atoms with Crippen molar-refractivity contribution in [2.75, 3.05) is 26.2 Å². The van der Waals surface area contributed by atoms with Crippen molar-refractivity contribution in [2.45, 2.75) is 25.3 Å². The van der Waals surface area contributed by atoms with Crippen molar-refractivity contribution in [1.29, 1.82) is 0 Å². The first-order chi connectivity index (χ1) is 8.84. The first-order valence-electron chi connectivity index (χ1n) is 7.04. The minimum Gasteiger partial charge on any atom is -0.314 e. The van der Waals surface area contributed by atoms with Crippen LogP contribution in [-0.4, -0.2) is 31.1 Å². The Labute approximate surface area is 120 Å². The molecule has 4 heteroatoms. The fourth-order valence-corrected chi connectivity index (χ4v) is 2.88. The zero-order valence-corrected chi connectivity index (χ0v) is 12.0. The van der Waals surface area contributed by atoms with Crippen molar-refractivity contribution in [2.24, 2.45) is 5.92 Å². The molecular formula is C15H22ClFN2. The lowest BCUT2D eigenvalue weighted by atomic mass is 9.98. The first-order valence-corrected chi connectivity index (χ1v) is 7.04. The van der Waals surface area contributed by atoms with Crippen LogP contribution in [-0.2, 0) is 0 Å². The lowest BCUT2D eigenvalue weighted by molar-refractivity contribution is 0.157. The van der Waals surface area contributed by atoms with E-state index in [-0.39, 0.29) is 24.3 Å². The van der Waals surface area contributed by atoms with E-state index in [1.165, 1.54) is 12.8 Å². The monoisotopic (exact) mass is 284 g/mol. The van der Waals surface area contributed by atoms with Gasteiger partial charge in [-0.25, -0.2) is 4.39 Å². The minimum atomic E-state index is -0.0401. The van der Waals surface area contributed by atoms with Gasteiger partial charge in [0.05, 0.1) is 0 Å². The zero-order valence-electron chi connectivity index (χ0n) is 11.1. The van der Waals surface area contributed by atoms with E-state index >= 15 is 0 Å². The molecule has 0 aromatic heterocycles. The maximum atomic E-state index is 14.0. The Balaban J connectivity index is 0.00000133. The van der Waals surface area contributed by atoms with Gasteiger partial charge in [-0.3, -0.25) is 4.90 Å². The molecule has 1 heterocycles. The number of piperazine rings is 1. The van der Waals surface area contributed by atoms with E-state index in [1.807, 2.05) is 12.1 Å². The van der Waals surface area contributed by atoms with Gasteiger partial charge in [0.25, 0.3) is 0 Å². The van der Waals surface area contributed by atoms with Crippen molar-refractivity contribution in [3.8, 4) is 0 Å². The Morgan fingerprint density at radius 3 is 2.53 bits per heavy atom. The summed E-state index contributed by atoms with van der Waals surface area (Å²) >= 11 is 0. The van der Waals surface area contributed by atoms with E-state index in [9.17, 15) is 4.39 Å². The second kappa shape index (κ2) is 6.69. The summed E-state index contributed by atoms with van der Waals surface area (Å²) in [6.07, 6.45) is 3.79. The summed E-state index contributed by atoms with van der Waals surface area (Å²) in [7, 11) is 0. The van der Waals surface area contributed by atoms with E-state index in [1.54, 1.807) is 12.1 Å². The third kappa shape index (κ3) is 3.68. The van der Waals surface area contributed by atoms with Gasteiger partial charge in [0.15, 0.2) is 0 Å². The SMILES string of the molecule is Cl.Fc1ccccc1[C@H](CC1CC1)N1CCNCC1. The predicted octanol–water partition coefficient (Wildman–Crippen LogP) is 2.99. The Kier molecular flexibility index (Phi) is 5.20. The summed E-state index contributed by atoms with van der Waals surface area (Å²) < 4.78 is 14.0. The number of nitrogens with one attached hydrogen (secondary N) is 1. The summed E-state index contributed by atoms with van der Waals surface area (Å²) in [4.78, 5) is 2.45. The van der Waals surface area contributed by atoms with E-state index in [0.29, 0.717) is 0 Å². The molecule has 106 valence electrons. The quantitative estimate of drug-likeness (QED) is 0.914. The number of halogens is 2. The van der Waals surface area contributed by atoms with Crippen molar-refractivity contribution < 1.29 is 4.39 Å². The van der Waals surface area contributed by atoms with Crippen LogP contribution in [0.1, 0.15) is 30.9 Å². The number of hydrogen-bond donors (Lipinski definition) is 1. The number of hydrogen-bond acceptors (Lipinski definition) is 2. The average Bonchev–Trinajstić information content (AvgIpc) is 3.22. The third-order valence-corrected chi connectivity index (χ3v) is 4.11. The number of benzene rings is 1. The van der Waals surface area contributed by atoms with Gasteiger partial charge in [-0.2, -0.15) is 0 Å². The standard InChI is InChI=1S/C15H21FN2.ClH/c16-14-4-2-1-3-13(14)15(11-12-5-6-12)18-9-7-17-8-10-18;/h1-4,12,15,17H,5-11H2;1H/t15-;/m0./s1. The van der Waals surface area contributed by atoms with Crippen molar-refractivity contribution >= 4 is 12.4 Å². The number of nitrogens with zero attached hydrogens (tertiary/aromatic N) is 1. The maximum Gasteiger partial charge on any atom is 0.127 e. The maximum absolute atomic E-state index is 14.0. The normalized spacial score (nSPS) is 21.7. The molecule has 2 nitrogen and oxygen atoms in total. The summed E-state index contributed by atoms with van der Waals surface area (Å²) in [5.74, 6) is 0.783. The van der Waals surface area contributed by atoms with Gasteiger partial charge in [0, 0.05) is 37.8 Å². The smallest absolute Gasteiger partial charge is 0.127 e. The largest absolute Gasteiger partial charge is 0.314 e. The zero-order chi connectivity index (χ0) is 12.4. The molecule has 19 heavy (non-hydrogen) atoms. The van der Waals surface area contributed by atoms with Gasteiger partial charge in [-0.1, -0.05) is 31.0 Å². The van der Waals surface area contributed by atoms with Gasteiger partial charge in [0.2, 0.25) is 0 Å². The molecule has 0 bridgehead atoms. The Morgan fingerprint density at radius 1 is 1.21 bits per heavy atom. The third-order valence-electron chi connectivity index (χ3n) is 4.11. The van der Waals surface area contributed by atoms with E-state index in [2.05, 4.69) is 10.2 Å². The lowest BCUT2D eigenvalue weighted by Gasteiger charge is -2.35. The van der Waals surface area contributed by atoms with Gasteiger partial charge in [-0.15, -0.1) is 12.4 Å². The molecule has 0 spiro atoms. The predicted molar refractivity (Wildman–Crippen MR) is 78.2 cm³/mol. The Morgan fingerprint density at radius 2 is 1.89 bits per heavy atom. The lowest BCUT2D eigenvalue weighted by Crippen LogP contribution is -2.45. The van der Waals surface area contributed by atoms with Gasteiger partial charge < -0.3 is 5.32 Å². The molecule has 3 rings (SSSR count). The fourth-order valence-electron chi connectivity index (χ4n) is 2.88. The van der Waals surface area contributed by atoms with Crippen LogP contribution < -0.4 is 5.32 Å². The summed E-state index contributed by atoms with van der Waals surface area (Å²) in [6.45, 7) is 4.11. The highest BCUT2D eigenvalue weighted by molar-refractivity contribution is 5.85. The van der Waals surface area contributed by atoms with Crippen molar-refractivity contribution in [3.05, 3.63) is 35.6 Å². The summed E-state index contributed by atoms with van der Waals surface area (Å²) in [6, 6.07) is 7.58. The fraction of sp³-hybridized carbons (Fsp3) is 0.600. The van der Waals surface area contributed by atoms with Gasteiger partial charge in [0.1, 0.15) is 5.82 Å². The van der Waals surface area contributed by atoms with Crippen LogP contribution in [0, 0.1) is 11.7 Å². The molecule has 0 amide bonds. The van der Waals surface area contributed by atoms with E-state index < -0.39 is 0 Å². The highest BCUT2D eigenvalue weighted by atomic mass is 35.5. The molecule has 2 aliphatic rings. The van der Waals surface area contributed by atoms with Crippen LogP contribution in [0.15, 0.2) is 24.3 Å². The molecule has 1 aliphatic carbocycles. The van der Waals surface area contributed by atoms with Crippen LogP contribution in [0.4, 0.5) is 4.39 Å². The molecule has 0 unspecified atom stereocenters. The van der Waals surface area contributed by atoms with Gasteiger partial charge in [-0.05, 0) is 18.4 Å². The van der Waals surface area contributed by atoms with E-state index in [4.69, 9.17) is 0 Å². The van der Waals surface area contributed by atoms with Crippen molar-refractivity contribution in [3.63, 3.8) is 0 Å². The molecule has 1 aromatic carbocycles. The van der Waals surface area contributed by atoms with Crippen LogP contribution in [0.25, 0.3) is 0 Å². The topological polar surface area (TPSA) is 15.3 Å². The van der Waals surface area contributed by atoms with Crippen LogP contribution in [0.2, 0.25) is 0 Å². The Hall–Kier alpha value is -0.640. The molecule has 1 aromatic rings. The average molecular weight is 285 g/mol. The number of rotatable bonds is 4. The highest BCUT2D eigenvalue weighted by Gasteiger charge is 2.31. The molecular weight excluding hydrogens is 263 g/mol. The highest BCUT2D eigenvalue weighted by Crippen LogP contribution is 2.40. The first kappa shape index (κ1) is 14.8. The molecule has 1 saturated heterocycles. The minimum absolute atomic E-state index is 0. The van der Waals surface area contributed by atoms with E-state index in [0.717, 1.165) is 44.1 Å². The van der Waals surface area contributed by atoms with Crippen LogP contribution >= 0.6 is 12.4 Å². The van der Waals surface area contributed by atoms with Crippen LogP contribution in [0.5, 0.6) is 0 Å². The second-order valence-electron chi connectivity index (χ2n) is 5.50.